The summed E-state index contributed by atoms with van der Waals surface area (Å²) in [6.45, 7) is 10.5. The first-order valence-corrected chi connectivity index (χ1v) is 10.5. The number of carbonyl (C=O) groups excluding carboxylic acids is 2. The van der Waals surface area contributed by atoms with Gasteiger partial charge < -0.3 is 14.6 Å². The number of piperidine rings is 1. The maximum atomic E-state index is 12.8. The Hall–Kier alpha value is -2.22. The number of rotatable bonds is 4. The van der Waals surface area contributed by atoms with Gasteiger partial charge in [0.1, 0.15) is 5.01 Å². The van der Waals surface area contributed by atoms with Crippen LogP contribution >= 0.6 is 11.3 Å². The Bertz CT molecular complexity index is 830. The summed E-state index contributed by atoms with van der Waals surface area (Å²) in [6, 6.07) is -0.127. The molecule has 0 saturated carbocycles. The predicted molar refractivity (Wildman–Crippen MR) is 107 cm³/mol. The minimum atomic E-state index is -0.464. The van der Waals surface area contributed by atoms with Crippen molar-refractivity contribution in [2.75, 3.05) is 13.1 Å². The number of hydrogen-bond donors (Lipinski definition) is 1. The van der Waals surface area contributed by atoms with Gasteiger partial charge in [0.2, 0.25) is 11.7 Å². The van der Waals surface area contributed by atoms with Crippen molar-refractivity contribution in [1.29, 1.82) is 0 Å². The van der Waals surface area contributed by atoms with Gasteiger partial charge in [0.25, 0.3) is 5.91 Å². The van der Waals surface area contributed by atoms with Crippen LogP contribution in [0.4, 0.5) is 0 Å². The number of carbonyl (C=O) groups is 2. The van der Waals surface area contributed by atoms with Crippen molar-refractivity contribution in [2.45, 2.75) is 53.5 Å². The van der Waals surface area contributed by atoms with Gasteiger partial charge in [-0.25, -0.2) is 9.97 Å². The number of thiazole rings is 1. The molecule has 1 aliphatic heterocycles. The van der Waals surface area contributed by atoms with Crippen LogP contribution < -0.4 is 5.32 Å². The third-order valence-corrected chi connectivity index (χ3v) is 5.94. The number of nitrogens with one attached hydrogen (secondary N) is 1. The summed E-state index contributed by atoms with van der Waals surface area (Å²) in [5.74, 6) is 0.969. The zero-order chi connectivity index (χ0) is 20.5. The Kier molecular flexibility index (Phi) is 5.88. The average Bonchev–Trinajstić information content (AvgIpc) is 3.27. The van der Waals surface area contributed by atoms with Gasteiger partial charge in [0.05, 0.1) is 11.7 Å². The first kappa shape index (κ1) is 20.5. The van der Waals surface area contributed by atoms with Gasteiger partial charge >= 0.3 is 0 Å². The monoisotopic (exact) mass is 404 g/mol. The van der Waals surface area contributed by atoms with Crippen LogP contribution in [0, 0.1) is 25.2 Å². The molecule has 1 saturated heterocycles. The van der Waals surface area contributed by atoms with Crippen molar-refractivity contribution >= 4 is 23.2 Å². The van der Waals surface area contributed by atoms with Crippen LogP contribution in [0.1, 0.15) is 66.8 Å². The van der Waals surface area contributed by atoms with Gasteiger partial charge in [-0.2, -0.15) is 0 Å². The van der Waals surface area contributed by atoms with E-state index in [2.05, 4.69) is 15.3 Å². The van der Waals surface area contributed by atoms with Crippen LogP contribution in [0.5, 0.6) is 0 Å². The molecule has 152 valence electrons. The smallest absolute Gasteiger partial charge is 0.291 e. The van der Waals surface area contributed by atoms with E-state index in [1.165, 1.54) is 0 Å². The summed E-state index contributed by atoms with van der Waals surface area (Å²) in [7, 11) is 0. The van der Waals surface area contributed by atoms with Gasteiger partial charge in [-0.05, 0) is 25.7 Å². The molecule has 0 aromatic carbocycles. The number of oxazole rings is 1. The number of likely N-dealkylation sites (tertiary alicyclic amines) is 1. The lowest BCUT2D eigenvalue weighted by Crippen LogP contribution is -2.45. The highest BCUT2D eigenvalue weighted by atomic mass is 32.1. The van der Waals surface area contributed by atoms with E-state index >= 15 is 0 Å². The van der Waals surface area contributed by atoms with Crippen LogP contribution in [-0.4, -0.2) is 39.8 Å². The van der Waals surface area contributed by atoms with E-state index in [4.69, 9.17) is 4.42 Å². The molecule has 2 amide bonds. The standard InChI is InChI=1S/C20H28N4O3S/c1-12-16(27-13(2)22-12)18(25)24-9-6-14(7-10-24)15(17-21-8-11-28-17)23-19(26)20(3,4)5/h8,11,14-15H,6-7,9-10H2,1-5H3,(H,23,26)/t15-/m1/s1. The molecular weight excluding hydrogens is 376 g/mol. The first-order chi connectivity index (χ1) is 13.2. The fraction of sp³-hybridized carbons (Fsp3) is 0.600. The second-order valence-corrected chi connectivity index (χ2v) is 9.27. The zero-order valence-electron chi connectivity index (χ0n) is 17.1. The number of aromatic nitrogens is 2. The van der Waals surface area contributed by atoms with E-state index in [1.807, 2.05) is 31.1 Å². The van der Waals surface area contributed by atoms with Gasteiger partial charge in [0, 0.05) is 37.0 Å². The van der Waals surface area contributed by atoms with E-state index in [-0.39, 0.29) is 23.8 Å². The van der Waals surface area contributed by atoms with Crippen molar-refractivity contribution < 1.29 is 14.0 Å². The third-order valence-electron chi connectivity index (χ3n) is 5.08. The van der Waals surface area contributed by atoms with E-state index in [0.29, 0.717) is 30.4 Å². The Labute approximate surface area is 169 Å². The zero-order valence-corrected chi connectivity index (χ0v) is 17.9. The number of nitrogens with zero attached hydrogens (tertiary/aromatic N) is 3. The summed E-state index contributed by atoms with van der Waals surface area (Å²) >= 11 is 1.56. The minimum Gasteiger partial charge on any atom is -0.436 e. The Morgan fingerprint density at radius 2 is 1.96 bits per heavy atom. The molecule has 2 aromatic heterocycles. The molecule has 1 atom stereocenters. The number of amides is 2. The van der Waals surface area contributed by atoms with Crippen LogP contribution in [-0.2, 0) is 4.79 Å². The normalized spacial score (nSPS) is 16.8. The van der Waals surface area contributed by atoms with Gasteiger partial charge in [-0.15, -0.1) is 11.3 Å². The largest absolute Gasteiger partial charge is 0.436 e. The summed E-state index contributed by atoms with van der Waals surface area (Å²) in [5, 5.41) is 6.04. The molecule has 0 unspecified atom stereocenters. The quantitative estimate of drug-likeness (QED) is 0.842. The summed E-state index contributed by atoms with van der Waals surface area (Å²) in [6.07, 6.45) is 3.36. The maximum Gasteiger partial charge on any atom is 0.291 e. The molecule has 0 radical (unpaired) electrons. The van der Waals surface area contributed by atoms with Crippen molar-refractivity contribution in [2.24, 2.45) is 11.3 Å². The van der Waals surface area contributed by atoms with Crippen LogP contribution in [0.3, 0.4) is 0 Å². The Morgan fingerprint density at radius 3 is 2.46 bits per heavy atom. The summed E-state index contributed by atoms with van der Waals surface area (Å²) in [5.41, 5.74) is 0.163. The second-order valence-electron chi connectivity index (χ2n) is 8.35. The molecule has 3 heterocycles. The molecule has 2 aromatic rings. The highest BCUT2D eigenvalue weighted by molar-refractivity contribution is 7.09. The highest BCUT2D eigenvalue weighted by Crippen LogP contribution is 2.33. The van der Waals surface area contributed by atoms with Gasteiger partial charge in [-0.3, -0.25) is 9.59 Å². The van der Waals surface area contributed by atoms with Gasteiger partial charge in [-0.1, -0.05) is 20.8 Å². The van der Waals surface area contributed by atoms with Crippen molar-refractivity contribution in [3.05, 3.63) is 33.9 Å². The molecule has 3 rings (SSSR count). The van der Waals surface area contributed by atoms with Gasteiger partial charge in [0.15, 0.2) is 5.89 Å². The van der Waals surface area contributed by atoms with Crippen molar-refractivity contribution in [3.8, 4) is 0 Å². The maximum absolute atomic E-state index is 12.8. The molecule has 0 aliphatic carbocycles. The second kappa shape index (κ2) is 8.03. The molecule has 7 nitrogen and oxygen atoms in total. The first-order valence-electron chi connectivity index (χ1n) is 9.60. The van der Waals surface area contributed by atoms with E-state index in [0.717, 1.165) is 17.8 Å². The van der Waals surface area contributed by atoms with E-state index in [1.54, 1.807) is 31.4 Å². The molecule has 1 N–H and O–H groups in total. The van der Waals surface area contributed by atoms with Crippen LogP contribution in [0.25, 0.3) is 0 Å². The highest BCUT2D eigenvalue weighted by Gasteiger charge is 2.35. The van der Waals surface area contributed by atoms with E-state index < -0.39 is 5.41 Å². The summed E-state index contributed by atoms with van der Waals surface area (Å²) < 4.78 is 5.48. The molecule has 0 bridgehead atoms. The van der Waals surface area contributed by atoms with Crippen LogP contribution in [0.15, 0.2) is 16.0 Å². The SMILES string of the molecule is Cc1nc(C)c(C(=O)N2CCC([C@@H](NC(=O)C(C)(C)C)c3nccs3)CC2)o1. The predicted octanol–water partition coefficient (Wildman–Crippen LogP) is 3.50. The molecule has 8 heteroatoms. The Morgan fingerprint density at radius 1 is 1.29 bits per heavy atom. The molecule has 28 heavy (non-hydrogen) atoms. The number of hydrogen-bond acceptors (Lipinski definition) is 6. The molecule has 1 fully saturated rings. The number of aryl methyl sites for hydroxylation is 2. The lowest BCUT2D eigenvalue weighted by Gasteiger charge is -2.36. The molecular formula is C20H28N4O3S. The topological polar surface area (TPSA) is 88.3 Å². The lowest BCUT2D eigenvalue weighted by atomic mass is 9.87. The fourth-order valence-corrected chi connectivity index (χ4v) is 4.22. The Balaban J connectivity index is 1.69. The minimum absolute atomic E-state index is 0.0129. The summed E-state index contributed by atoms with van der Waals surface area (Å²) in [4.78, 5) is 35.8. The van der Waals surface area contributed by atoms with Crippen molar-refractivity contribution in [3.63, 3.8) is 0 Å². The van der Waals surface area contributed by atoms with Crippen molar-refractivity contribution in [1.82, 2.24) is 20.2 Å². The average molecular weight is 405 g/mol. The molecule has 1 aliphatic rings. The third kappa shape index (κ3) is 4.43. The lowest BCUT2D eigenvalue weighted by molar-refractivity contribution is -0.129. The van der Waals surface area contributed by atoms with E-state index in [9.17, 15) is 9.59 Å². The molecule has 0 spiro atoms. The van der Waals surface area contributed by atoms with Crippen LogP contribution in [0.2, 0.25) is 0 Å². The fourth-order valence-electron chi connectivity index (χ4n) is 3.44.